The molecule has 0 N–H and O–H groups in total. The van der Waals surface area contributed by atoms with E-state index >= 15 is 0 Å². The van der Waals surface area contributed by atoms with Gasteiger partial charge in [-0.25, -0.2) is 4.39 Å². The first-order valence-corrected chi connectivity index (χ1v) is 7.79. The minimum atomic E-state index is -2.22. The normalized spacial score (nSPS) is 14.5. The molecule has 0 spiro atoms. The van der Waals surface area contributed by atoms with E-state index in [9.17, 15) is 9.50 Å². The molecule has 4 nitrogen and oxygen atoms in total. The Morgan fingerprint density at radius 1 is 0.895 bits per heavy atom. The molecule has 0 amide bonds. The van der Waals surface area contributed by atoms with Crippen molar-refractivity contribution < 1.29 is 9.50 Å². The molecule has 0 saturated heterocycles. The third-order valence-electron chi connectivity index (χ3n) is 3.24. The lowest BCUT2D eigenvalue weighted by atomic mass is 10.2. The lowest BCUT2D eigenvalue weighted by Gasteiger charge is -2.47. The van der Waals surface area contributed by atoms with Gasteiger partial charge < -0.3 is 5.11 Å². The van der Waals surface area contributed by atoms with Gasteiger partial charge in [0.25, 0.3) is 0 Å². The molecule has 0 aliphatic heterocycles. The third-order valence-corrected chi connectivity index (χ3v) is 7.70. The maximum Gasteiger partial charge on any atom is 0.217 e. The molecule has 0 heterocycles. The van der Waals surface area contributed by atoms with E-state index in [0.29, 0.717) is 5.56 Å². The average Bonchev–Trinajstić information content (AvgIpc) is 2.28. The SMILES string of the molecule is CN(C)[P+](C([O-])c1ccc(F)cc1)(N(C)C)N(C)C. The Bertz CT molecular complexity index is 387. The Balaban J connectivity index is 3.28. The van der Waals surface area contributed by atoms with Crippen LogP contribution in [0, 0.1) is 5.82 Å². The van der Waals surface area contributed by atoms with Crippen LogP contribution in [0.5, 0.6) is 0 Å². The first-order valence-electron chi connectivity index (χ1n) is 6.08. The molecule has 0 bridgehead atoms. The van der Waals surface area contributed by atoms with E-state index in [-0.39, 0.29) is 5.82 Å². The first kappa shape index (κ1) is 16.5. The quantitative estimate of drug-likeness (QED) is 0.771. The summed E-state index contributed by atoms with van der Waals surface area (Å²) in [6.07, 6.45) is 0. The molecule has 1 unspecified atom stereocenters. The van der Waals surface area contributed by atoms with Gasteiger partial charge in [0.15, 0.2) is 0 Å². The Hall–Kier alpha value is -0.580. The summed E-state index contributed by atoms with van der Waals surface area (Å²) in [5.74, 6) is -1.26. The number of halogens is 1. The molecule has 1 rings (SSSR count). The number of hydrogen-bond acceptors (Lipinski definition) is 4. The highest BCUT2D eigenvalue weighted by molar-refractivity contribution is 7.69. The maximum absolute atomic E-state index is 13.0. The van der Waals surface area contributed by atoms with Gasteiger partial charge in [0, 0.05) is 42.3 Å². The molecule has 0 radical (unpaired) electrons. The number of nitrogens with zero attached hydrogens (tertiary/aromatic N) is 3. The highest BCUT2D eigenvalue weighted by atomic mass is 31.2. The van der Waals surface area contributed by atoms with Gasteiger partial charge in [0.1, 0.15) is 5.82 Å². The zero-order valence-electron chi connectivity index (χ0n) is 12.5. The molecule has 1 atom stereocenters. The summed E-state index contributed by atoms with van der Waals surface area (Å²) in [6.45, 7) is 0. The molecule has 108 valence electrons. The minimum absolute atomic E-state index is 0.320. The van der Waals surface area contributed by atoms with Gasteiger partial charge in [-0.1, -0.05) is 12.1 Å². The third kappa shape index (κ3) is 2.96. The topological polar surface area (TPSA) is 32.8 Å². The molecular formula is C13H23FN3OP. The molecule has 0 aliphatic carbocycles. The van der Waals surface area contributed by atoms with Crippen molar-refractivity contribution >= 4 is 7.71 Å². The van der Waals surface area contributed by atoms with Gasteiger partial charge in [0.05, 0.1) is 5.85 Å². The van der Waals surface area contributed by atoms with Crippen molar-refractivity contribution in [2.24, 2.45) is 0 Å². The van der Waals surface area contributed by atoms with Crippen molar-refractivity contribution in [3.8, 4) is 0 Å². The summed E-state index contributed by atoms with van der Waals surface area (Å²) in [7, 11) is 9.30. The van der Waals surface area contributed by atoms with Crippen LogP contribution in [0.1, 0.15) is 11.4 Å². The first-order chi connectivity index (χ1) is 8.74. The Labute approximate surface area is 115 Å². The van der Waals surface area contributed by atoms with Gasteiger partial charge in [-0.05, 0) is 17.7 Å². The standard InChI is InChI=1S/C13H23FN3OP/c1-15(2)19(16(3)4,17(5)6)13(18)11-7-9-12(14)10-8-11/h7-10,13H,1-6H3. The van der Waals surface area contributed by atoms with Crippen LogP contribution in [-0.4, -0.2) is 56.3 Å². The molecule has 1 aromatic rings. The second kappa shape index (κ2) is 6.25. The van der Waals surface area contributed by atoms with Crippen molar-refractivity contribution in [2.75, 3.05) is 42.3 Å². The molecular weight excluding hydrogens is 264 g/mol. The monoisotopic (exact) mass is 287 g/mol. The molecule has 0 fully saturated rings. The Morgan fingerprint density at radius 2 is 1.26 bits per heavy atom. The van der Waals surface area contributed by atoms with Crippen LogP contribution in [0.3, 0.4) is 0 Å². The fraction of sp³-hybridized carbons (Fsp3) is 0.538. The van der Waals surface area contributed by atoms with E-state index in [0.717, 1.165) is 0 Å². The summed E-state index contributed by atoms with van der Waals surface area (Å²) in [5, 5.41) is 13.0. The average molecular weight is 287 g/mol. The van der Waals surface area contributed by atoms with E-state index in [4.69, 9.17) is 0 Å². The minimum Gasteiger partial charge on any atom is -0.814 e. The Kier molecular flexibility index (Phi) is 5.42. The molecule has 6 heteroatoms. The lowest BCUT2D eigenvalue weighted by molar-refractivity contribution is -0.398. The largest absolute Gasteiger partial charge is 0.814 e. The molecule has 0 saturated carbocycles. The Morgan fingerprint density at radius 3 is 1.58 bits per heavy atom. The zero-order valence-corrected chi connectivity index (χ0v) is 13.4. The van der Waals surface area contributed by atoms with Crippen molar-refractivity contribution in [3.63, 3.8) is 0 Å². The number of rotatable bonds is 5. The van der Waals surface area contributed by atoms with Gasteiger partial charge in [-0.3, -0.25) is 0 Å². The number of benzene rings is 1. The summed E-state index contributed by atoms with van der Waals surface area (Å²) in [6, 6.07) is 5.85. The maximum atomic E-state index is 13.0. The van der Waals surface area contributed by atoms with Crippen LogP contribution >= 0.6 is 7.71 Å². The van der Waals surface area contributed by atoms with Gasteiger partial charge >= 0.3 is 0 Å². The smallest absolute Gasteiger partial charge is 0.217 e. The van der Waals surface area contributed by atoms with Crippen LogP contribution in [0.4, 0.5) is 4.39 Å². The fourth-order valence-electron chi connectivity index (χ4n) is 2.53. The highest BCUT2D eigenvalue weighted by Crippen LogP contribution is 2.71. The predicted molar refractivity (Wildman–Crippen MR) is 77.1 cm³/mol. The van der Waals surface area contributed by atoms with E-state index in [1.165, 1.54) is 12.1 Å². The van der Waals surface area contributed by atoms with Crippen LogP contribution in [0.25, 0.3) is 0 Å². The summed E-state index contributed by atoms with van der Waals surface area (Å²) in [4.78, 5) is 0. The molecule has 19 heavy (non-hydrogen) atoms. The fourth-order valence-corrected chi connectivity index (χ4v) is 6.51. The number of hydrogen-bond donors (Lipinski definition) is 0. The molecule has 0 aromatic heterocycles. The van der Waals surface area contributed by atoms with Gasteiger partial charge in [-0.2, -0.15) is 14.0 Å². The summed E-state index contributed by atoms with van der Waals surface area (Å²) >= 11 is 0. The van der Waals surface area contributed by atoms with Gasteiger partial charge in [-0.15, -0.1) is 0 Å². The molecule has 0 aliphatic rings. The zero-order chi connectivity index (χ0) is 14.8. The van der Waals surface area contributed by atoms with E-state index in [2.05, 4.69) is 0 Å². The van der Waals surface area contributed by atoms with Crippen molar-refractivity contribution in [1.82, 2.24) is 14.0 Å². The van der Waals surface area contributed by atoms with Crippen molar-refractivity contribution in [1.29, 1.82) is 0 Å². The second-order valence-corrected chi connectivity index (χ2v) is 9.16. The van der Waals surface area contributed by atoms with Crippen molar-refractivity contribution in [2.45, 2.75) is 5.85 Å². The van der Waals surface area contributed by atoms with Crippen LogP contribution in [0.2, 0.25) is 0 Å². The highest BCUT2D eigenvalue weighted by Gasteiger charge is 2.50. The van der Waals surface area contributed by atoms with E-state index in [1.807, 2.05) is 56.3 Å². The molecule has 1 aromatic carbocycles. The van der Waals surface area contributed by atoms with Crippen LogP contribution in [0.15, 0.2) is 24.3 Å². The van der Waals surface area contributed by atoms with Gasteiger partial charge in [0.2, 0.25) is 7.71 Å². The lowest BCUT2D eigenvalue weighted by Crippen LogP contribution is -2.43. The van der Waals surface area contributed by atoms with Crippen LogP contribution < -0.4 is 5.11 Å². The van der Waals surface area contributed by atoms with E-state index < -0.39 is 13.6 Å². The van der Waals surface area contributed by atoms with E-state index in [1.54, 1.807) is 12.1 Å². The summed E-state index contributed by atoms with van der Waals surface area (Å²) in [5.41, 5.74) is 0.617. The van der Waals surface area contributed by atoms with Crippen molar-refractivity contribution in [3.05, 3.63) is 35.6 Å². The second-order valence-electron chi connectivity index (χ2n) is 5.06. The van der Waals surface area contributed by atoms with Crippen LogP contribution in [-0.2, 0) is 0 Å². The summed E-state index contributed by atoms with van der Waals surface area (Å²) < 4.78 is 19.0. The predicted octanol–water partition coefficient (Wildman–Crippen LogP) is 1.63.